The molecule has 0 aliphatic carbocycles. The molecule has 0 saturated carbocycles. The Morgan fingerprint density at radius 2 is 1.89 bits per heavy atom. The van der Waals surface area contributed by atoms with Crippen LogP contribution in [0.5, 0.6) is 0 Å². The molecule has 0 aromatic heterocycles. The first kappa shape index (κ1) is 15.1. The Kier molecular flexibility index (Phi) is 5.25. The van der Waals surface area contributed by atoms with Gasteiger partial charge in [0.25, 0.3) is 0 Å². The van der Waals surface area contributed by atoms with Gasteiger partial charge >= 0.3 is 11.9 Å². The molecule has 98 valence electrons. The van der Waals surface area contributed by atoms with Gasteiger partial charge in [-0.1, -0.05) is 30.3 Å². The molecule has 1 aromatic rings. The van der Waals surface area contributed by atoms with E-state index in [2.05, 4.69) is 4.74 Å². The van der Waals surface area contributed by atoms with E-state index in [4.69, 9.17) is 0 Å². The van der Waals surface area contributed by atoms with Crippen LogP contribution in [-0.2, 0) is 9.53 Å². The van der Waals surface area contributed by atoms with Crippen LogP contribution >= 0.6 is 22.6 Å². The van der Waals surface area contributed by atoms with Crippen LogP contribution in [0.3, 0.4) is 0 Å². The highest BCUT2D eigenvalue weighted by Gasteiger charge is 2.43. The van der Waals surface area contributed by atoms with Gasteiger partial charge in [-0.2, -0.15) is 8.78 Å². The van der Waals surface area contributed by atoms with Crippen LogP contribution < -0.4 is 0 Å². The van der Waals surface area contributed by atoms with Crippen molar-refractivity contribution >= 4 is 32.1 Å². The molecular formula is C13H13F2IO2. The highest BCUT2D eigenvalue weighted by molar-refractivity contribution is 14.1. The summed E-state index contributed by atoms with van der Waals surface area (Å²) in [5.74, 6) is -5.10. The lowest BCUT2D eigenvalue weighted by Crippen LogP contribution is -2.32. The first-order valence-electron chi connectivity index (χ1n) is 5.38. The van der Waals surface area contributed by atoms with E-state index < -0.39 is 11.9 Å². The summed E-state index contributed by atoms with van der Waals surface area (Å²) < 4.78 is 32.3. The molecule has 0 saturated heterocycles. The standard InChI is InChI=1S/C13H13F2IO2/c1-3-18-12(17)13(14,15)9(2)11(16)10-7-5-4-6-8-10/h4-8H,3H2,1-2H3/b11-9+. The van der Waals surface area contributed by atoms with Crippen LogP contribution in [0.15, 0.2) is 35.9 Å². The third kappa shape index (κ3) is 3.28. The van der Waals surface area contributed by atoms with Crippen molar-refractivity contribution < 1.29 is 18.3 Å². The van der Waals surface area contributed by atoms with Crippen molar-refractivity contribution in [1.29, 1.82) is 0 Å². The van der Waals surface area contributed by atoms with Crippen LogP contribution in [0.25, 0.3) is 3.58 Å². The second-order valence-electron chi connectivity index (χ2n) is 3.60. The molecule has 5 heteroatoms. The number of carbonyl (C=O) groups is 1. The molecule has 1 rings (SSSR count). The number of ether oxygens (including phenoxy) is 1. The number of benzene rings is 1. The van der Waals surface area contributed by atoms with Crippen molar-refractivity contribution in [2.75, 3.05) is 6.61 Å². The molecular weight excluding hydrogens is 353 g/mol. The van der Waals surface area contributed by atoms with Crippen LogP contribution in [0.1, 0.15) is 19.4 Å². The monoisotopic (exact) mass is 366 g/mol. The zero-order valence-corrected chi connectivity index (χ0v) is 12.2. The Morgan fingerprint density at radius 3 is 2.39 bits per heavy atom. The third-order valence-corrected chi connectivity index (χ3v) is 3.79. The molecule has 18 heavy (non-hydrogen) atoms. The summed E-state index contributed by atoms with van der Waals surface area (Å²) in [6.07, 6.45) is 0. The minimum absolute atomic E-state index is 0.0659. The summed E-state index contributed by atoms with van der Waals surface area (Å²) in [6, 6.07) is 8.73. The summed E-state index contributed by atoms with van der Waals surface area (Å²) in [5.41, 5.74) is 0.354. The summed E-state index contributed by atoms with van der Waals surface area (Å²) in [7, 11) is 0. The number of alkyl halides is 2. The smallest absolute Gasteiger partial charge is 0.381 e. The first-order chi connectivity index (χ1) is 8.41. The Morgan fingerprint density at radius 1 is 1.33 bits per heavy atom. The molecule has 0 bridgehead atoms. The van der Waals surface area contributed by atoms with Gasteiger partial charge in [0.15, 0.2) is 0 Å². The van der Waals surface area contributed by atoms with Crippen molar-refractivity contribution in [2.45, 2.75) is 19.8 Å². The molecule has 0 fully saturated rings. The van der Waals surface area contributed by atoms with Gasteiger partial charge in [-0.25, -0.2) is 4.79 Å². The summed E-state index contributed by atoms with van der Waals surface area (Å²) >= 11 is 1.81. The maximum Gasteiger partial charge on any atom is 0.381 e. The van der Waals surface area contributed by atoms with E-state index >= 15 is 0 Å². The van der Waals surface area contributed by atoms with E-state index in [0.29, 0.717) is 9.14 Å². The summed E-state index contributed by atoms with van der Waals surface area (Å²) in [6.45, 7) is 2.67. The fourth-order valence-corrected chi connectivity index (χ4v) is 2.01. The van der Waals surface area contributed by atoms with Crippen molar-refractivity contribution in [2.24, 2.45) is 0 Å². The molecule has 2 nitrogen and oxygen atoms in total. The fraction of sp³-hybridized carbons (Fsp3) is 0.308. The lowest BCUT2D eigenvalue weighted by Gasteiger charge is -2.17. The number of hydrogen-bond acceptors (Lipinski definition) is 2. The molecule has 0 aliphatic heterocycles. The zero-order valence-electron chi connectivity index (χ0n) is 10.0. The van der Waals surface area contributed by atoms with E-state index in [1.54, 1.807) is 30.3 Å². The summed E-state index contributed by atoms with van der Waals surface area (Å²) in [5, 5.41) is 0. The highest BCUT2D eigenvalue weighted by atomic mass is 127. The highest BCUT2D eigenvalue weighted by Crippen LogP contribution is 2.35. The van der Waals surface area contributed by atoms with Gasteiger partial charge in [-0.05, 0) is 42.0 Å². The second kappa shape index (κ2) is 6.26. The number of hydrogen-bond donors (Lipinski definition) is 0. The van der Waals surface area contributed by atoms with Gasteiger partial charge in [0, 0.05) is 9.15 Å². The van der Waals surface area contributed by atoms with Gasteiger partial charge in [-0.3, -0.25) is 0 Å². The van der Waals surface area contributed by atoms with Gasteiger partial charge in [-0.15, -0.1) is 0 Å². The largest absolute Gasteiger partial charge is 0.461 e. The summed E-state index contributed by atoms with van der Waals surface area (Å²) in [4.78, 5) is 11.2. The SMILES string of the molecule is CCOC(=O)C(F)(F)/C(C)=C(/I)c1ccccc1. The van der Waals surface area contributed by atoms with E-state index in [1.165, 1.54) is 13.8 Å². The van der Waals surface area contributed by atoms with E-state index in [1.807, 2.05) is 22.6 Å². The maximum atomic E-state index is 13.8. The fourth-order valence-electron chi connectivity index (χ4n) is 1.31. The number of halogens is 3. The van der Waals surface area contributed by atoms with Crippen molar-refractivity contribution in [3.8, 4) is 0 Å². The molecule has 1 aromatic carbocycles. The first-order valence-corrected chi connectivity index (χ1v) is 6.46. The average molecular weight is 366 g/mol. The number of esters is 1. The molecule has 0 aliphatic rings. The molecule has 0 amide bonds. The molecule has 0 atom stereocenters. The minimum Gasteiger partial charge on any atom is -0.461 e. The van der Waals surface area contributed by atoms with Crippen molar-refractivity contribution in [1.82, 2.24) is 0 Å². The van der Waals surface area contributed by atoms with E-state index in [0.717, 1.165) is 0 Å². The Bertz CT molecular complexity index is 455. The lowest BCUT2D eigenvalue weighted by atomic mass is 10.1. The van der Waals surface area contributed by atoms with Crippen LogP contribution in [-0.4, -0.2) is 18.5 Å². The van der Waals surface area contributed by atoms with Crippen molar-refractivity contribution in [3.05, 3.63) is 41.5 Å². The Labute approximate surface area is 118 Å². The topological polar surface area (TPSA) is 26.3 Å². The predicted molar refractivity (Wildman–Crippen MR) is 74.6 cm³/mol. The quantitative estimate of drug-likeness (QED) is 0.594. The minimum atomic E-state index is -3.59. The average Bonchev–Trinajstić information content (AvgIpc) is 2.38. The van der Waals surface area contributed by atoms with Crippen LogP contribution in [0, 0.1) is 0 Å². The number of carbonyl (C=O) groups excluding carboxylic acids is 1. The Hall–Kier alpha value is -0.980. The lowest BCUT2D eigenvalue weighted by molar-refractivity contribution is -0.165. The van der Waals surface area contributed by atoms with Gasteiger partial charge in [0.1, 0.15) is 0 Å². The molecule has 0 unspecified atom stereocenters. The molecule has 0 radical (unpaired) electrons. The molecule has 0 heterocycles. The number of rotatable bonds is 4. The zero-order chi connectivity index (χ0) is 13.8. The predicted octanol–water partition coefficient (Wildman–Crippen LogP) is 4.05. The Balaban J connectivity index is 3.11. The normalized spacial score (nSPS) is 12.9. The molecule has 0 N–H and O–H groups in total. The van der Waals surface area contributed by atoms with Gasteiger partial charge in [0.05, 0.1) is 6.61 Å². The van der Waals surface area contributed by atoms with Crippen molar-refractivity contribution in [3.63, 3.8) is 0 Å². The van der Waals surface area contributed by atoms with E-state index in [-0.39, 0.29) is 12.2 Å². The maximum absolute atomic E-state index is 13.8. The third-order valence-electron chi connectivity index (χ3n) is 2.36. The van der Waals surface area contributed by atoms with E-state index in [9.17, 15) is 13.6 Å². The van der Waals surface area contributed by atoms with Crippen LogP contribution in [0.4, 0.5) is 8.78 Å². The molecule has 0 spiro atoms. The second-order valence-corrected chi connectivity index (χ2v) is 4.68. The van der Waals surface area contributed by atoms with Crippen LogP contribution in [0.2, 0.25) is 0 Å². The van der Waals surface area contributed by atoms with Gasteiger partial charge < -0.3 is 4.74 Å². The van der Waals surface area contributed by atoms with Gasteiger partial charge in [0.2, 0.25) is 0 Å².